The van der Waals surface area contributed by atoms with Crippen LogP contribution < -0.4 is 0 Å². The lowest BCUT2D eigenvalue weighted by Crippen LogP contribution is -2.47. The van der Waals surface area contributed by atoms with E-state index in [9.17, 15) is 4.79 Å². The Kier molecular flexibility index (Phi) is 7.88. The minimum atomic E-state index is 0. The Morgan fingerprint density at radius 2 is 1.56 bits per heavy atom. The number of likely N-dealkylation sites (N-methyl/N-ethyl adjacent to an activating group) is 1. The van der Waals surface area contributed by atoms with Gasteiger partial charge in [-0.2, -0.15) is 0 Å². The summed E-state index contributed by atoms with van der Waals surface area (Å²) in [5, 5.41) is 0. The second-order valence-electron chi connectivity index (χ2n) is 7.61. The number of carbonyl (C=O) groups is 1. The van der Waals surface area contributed by atoms with Gasteiger partial charge in [0.05, 0.1) is 6.42 Å². The molecule has 0 aliphatic carbocycles. The lowest BCUT2D eigenvalue weighted by Gasteiger charge is -2.38. The highest BCUT2D eigenvalue weighted by Gasteiger charge is 2.26. The van der Waals surface area contributed by atoms with Crippen LogP contribution in [0.3, 0.4) is 0 Å². The van der Waals surface area contributed by atoms with E-state index in [1.807, 2.05) is 30.1 Å². The smallest absolute Gasteiger partial charge is 0.226 e. The number of rotatable bonds is 5. The molecule has 27 heavy (non-hydrogen) atoms. The van der Waals surface area contributed by atoms with Crippen LogP contribution in [0.15, 0.2) is 54.6 Å². The van der Waals surface area contributed by atoms with Crippen molar-refractivity contribution in [2.24, 2.45) is 0 Å². The summed E-state index contributed by atoms with van der Waals surface area (Å²) < 4.78 is 0. The molecule has 0 aromatic heterocycles. The van der Waals surface area contributed by atoms with E-state index in [-0.39, 0.29) is 18.3 Å². The molecule has 1 aliphatic rings. The van der Waals surface area contributed by atoms with Crippen molar-refractivity contribution < 1.29 is 4.79 Å². The number of nitrogens with zero attached hydrogens (tertiary/aromatic N) is 2. The van der Waals surface area contributed by atoms with E-state index in [4.69, 9.17) is 0 Å². The molecule has 0 radical (unpaired) electrons. The fourth-order valence-corrected chi connectivity index (χ4v) is 3.74. The van der Waals surface area contributed by atoms with Gasteiger partial charge in [0.1, 0.15) is 0 Å². The van der Waals surface area contributed by atoms with Crippen LogP contribution in [0.5, 0.6) is 0 Å². The molecule has 0 saturated carbocycles. The van der Waals surface area contributed by atoms with Crippen molar-refractivity contribution >= 4 is 18.3 Å². The van der Waals surface area contributed by atoms with E-state index < -0.39 is 0 Å². The number of benzene rings is 2. The summed E-state index contributed by atoms with van der Waals surface area (Å²) >= 11 is 0. The van der Waals surface area contributed by atoms with Gasteiger partial charge in [0.15, 0.2) is 0 Å². The van der Waals surface area contributed by atoms with Gasteiger partial charge in [-0.05, 0) is 43.4 Å². The van der Waals surface area contributed by atoms with Crippen molar-refractivity contribution in [1.82, 2.24) is 9.80 Å². The molecule has 0 N–H and O–H groups in total. The van der Waals surface area contributed by atoms with Gasteiger partial charge < -0.3 is 9.80 Å². The zero-order chi connectivity index (χ0) is 18.5. The summed E-state index contributed by atoms with van der Waals surface area (Å²) in [4.78, 5) is 17.2. The minimum absolute atomic E-state index is 0. The number of halogens is 1. The molecule has 2 aromatic carbocycles. The van der Waals surface area contributed by atoms with Crippen molar-refractivity contribution in [1.29, 1.82) is 0 Å². The van der Waals surface area contributed by atoms with Gasteiger partial charge in [-0.25, -0.2) is 0 Å². The molecule has 2 aromatic rings. The number of amides is 1. The molecule has 1 amide bonds. The average molecular weight is 387 g/mol. The van der Waals surface area contributed by atoms with E-state index in [1.165, 1.54) is 11.1 Å². The molecule has 4 heteroatoms. The summed E-state index contributed by atoms with van der Waals surface area (Å²) in [7, 11) is 1.97. The first-order valence-corrected chi connectivity index (χ1v) is 9.68. The fraction of sp³-hybridized carbons (Fsp3) is 0.435. The van der Waals surface area contributed by atoms with E-state index in [0.717, 1.165) is 31.5 Å². The summed E-state index contributed by atoms with van der Waals surface area (Å²) in [6, 6.07) is 19.7. The van der Waals surface area contributed by atoms with Crippen LogP contribution in [0.1, 0.15) is 32.3 Å². The number of likely N-dealkylation sites (tertiary alicyclic amines) is 1. The lowest BCUT2D eigenvalue weighted by atomic mass is 10.0. The molecule has 3 nitrogen and oxygen atoms in total. The van der Waals surface area contributed by atoms with Gasteiger partial charge in [0.25, 0.3) is 0 Å². The fourth-order valence-electron chi connectivity index (χ4n) is 3.74. The third-order valence-electron chi connectivity index (χ3n) is 5.59. The van der Waals surface area contributed by atoms with Crippen LogP contribution in [-0.2, 0) is 11.2 Å². The lowest BCUT2D eigenvalue weighted by molar-refractivity contribution is -0.132. The maximum absolute atomic E-state index is 12.7. The van der Waals surface area contributed by atoms with Crippen molar-refractivity contribution in [3.8, 4) is 11.1 Å². The first-order chi connectivity index (χ1) is 12.5. The van der Waals surface area contributed by atoms with Gasteiger partial charge in [-0.15, -0.1) is 12.4 Å². The SMILES string of the molecule is CC(C)N1CCC(N(C)C(=O)Cc2ccc(-c3ccccc3)cc2)CC1.Cl. The maximum Gasteiger partial charge on any atom is 0.226 e. The molecule has 0 atom stereocenters. The Balaban J connectivity index is 0.00000261. The van der Waals surface area contributed by atoms with Crippen molar-refractivity contribution in [3.05, 3.63) is 60.2 Å². The quantitative estimate of drug-likeness (QED) is 0.746. The Morgan fingerprint density at radius 3 is 2.11 bits per heavy atom. The van der Waals surface area contributed by atoms with E-state index in [1.54, 1.807) is 0 Å². The summed E-state index contributed by atoms with van der Waals surface area (Å²) in [5.41, 5.74) is 3.48. The first-order valence-electron chi connectivity index (χ1n) is 9.68. The van der Waals surface area contributed by atoms with E-state index in [2.05, 4.69) is 55.1 Å². The van der Waals surface area contributed by atoms with Crippen LogP contribution in [0.2, 0.25) is 0 Å². The summed E-state index contributed by atoms with van der Waals surface area (Å²) in [6.07, 6.45) is 2.64. The summed E-state index contributed by atoms with van der Waals surface area (Å²) in [6.45, 7) is 6.67. The zero-order valence-corrected chi connectivity index (χ0v) is 17.4. The van der Waals surface area contributed by atoms with Gasteiger partial charge >= 0.3 is 0 Å². The molecule has 0 unspecified atom stereocenters. The maximum atomic E-state index is 12.7. The Bertz CT molecular complexity index is 707. The Hall–Kier alpha value is -1.84. The third kappa shape index (κ3) is 5.57. The first kappa shape index (κ1) is 21.5. The number of piperidine rings is 1. The standard InChI is InChI=1S/C23H30N2O.ClH/c1-18(2)25-15-13-22(14-16-25)24(3)23(26)17-19-9-11-21(12-10-19)20-7-5-4-6-8-20;/h4-12,18,22H,13-17H2,1-3H3;1H. The molecule has 3 rings (SSSR count). The van der Waals surface area contributed by atoms with Gasteiger partial charge in [0.2, 0.25) is 5.91 Å². The normalized spacial score (nSPS) is 15.4. The topological polar surface area (TPSA) is 23.6 Å². The van der Waals surface area contributed by atoms with Crippen molar-refractivity contribution in [2.45, 2.75) is 45.2 Å². The highest BCUT2D eigenvalue weighted by molar-refractivity contribution is 5.85. The van der Waals surface area contributed by atoms with Crippen LogP contribution >= 0.6 is 12.4 Å². The number of hydrogen-bond donors (Lipinski definition) is 0. The summed E-state index contributed by atoms with van der Waals surface area (Å²) in [5.74, 6) is 0.223. The van der Waals surface area contributed by atoms with Crippen LogP contribution in [-0.4, -0.2) is 47.9 Å². The molecule has 0 spiro atoms. The molecule has 0 bridgehead atoms. The largest absolute Gasteiger partial charge is 0.342 e. The molecule has 1 aliphatic heterocycles. The number of hydrogen-bond acceptors (Lipinski definition) is 2. The Morgan fingerprint density at radius 1 is 1.00 bits per heavy atom. The predicted octanol–water partition coefficient (Wildman–Crippen LogP) is 4.65. The molecule has 1 saturated heterocycles. The van der Waals surface area contributed by atoms with Gasteiger partial charge in [-0.1, -0.05) is 54.6 Å². The van der Waals surface area contributed by atoms with Crippen LogP contribution in [0.4, 0.5) is 0 Å². The van der Waals surface area contributed by atoms with E-state index in [0.29, 0.717) is 18.5 Å². The minimum Gasteiger partial charge on any atom is -0.342 e. The number of carbonyl (C=O) groups excluding carboxylic acids is 1. The molecule has 1 fully saturated rings. The predicted molar refractivity (Wildman–Crippen MR) is 115 cm³/mol. The average Bonchev–Trinajstić information content (AvgIpc) is 2.68. The van der Waals surface area contributed by atoms with Crippen LogP contribution in [0.25, 0.3) is 11.1 Å². The zero-order valence-electron chi connectivity index (χ0n) is 16.6. The molecular formula is C23H31ClN2O. The van der Waals surface area contributed by atoms with Crippen molar-refractivity contribution in [2.75, 3.05) is 20.1 Å². The second kappa shape index (κ2) is 9.91. The molecule has 146 valence electrons. The van der Waals surface area contributed by atoms with E-state index >= 15 is 0 Å². The van der Waals surface area contributed by atoms with Crippen LogP contribution in [0, 0.1) is 0 Å². The Labute approximate surface area is 169 Å². The highest BCUT2D eigenvalue weighted by Crippen LogP contribution is 2.21. The molecule has 1 heterocycles. The van der Waals surface area contributed by atoms with Gasteiger partial charge in [0, 0.05) is 32.2 Å². The third-order valence-corrected chi connectivity index (χ3v) is 5.59. The monoisotopic (exact) mass is 386 g/mol. The van der Waals surface area contributed by atoms with Gasteiger partial charge in [-0.3, -0.25) is 4.79 Å². The second-order valence-corrected chi connectivity index (χ2v) is 7.61. The van der Waals surface area contributed by atoms with Crippen molar-refractivity contribution in [3.63, 3.8) is 0 Å². The highest BCUT2D eigenvalue weighted by atomic mass is 35.5. The molecular weight excluding hydrogens is 356 g/mol.